The van der Waals surface area contributed by atoms with Gasteiger partial charge in [-0.3, -0.25) is 0 Å². The molecule has 0 aromatic rings. The molecule has 0 spiro atoms. The summed E-state index contributed by atoms with van der Waals surface area (Å²) >= 11 is 0. The second-order valence-corrected chi connectivity index (χ2v) is 3.87. The molecule has 0 bridgehead atoms. The van der Waals surface area contributed by atoms with Crippen molar-refractivity contribution in [3.8, 4) is 0 Å². The molecule has 0 aliphatic rings. The summed E-state index contributed by atoms with van der Waals surface area (Å²) in [7, 11) is 0. The largest absolute Gasteiger partial charge is 0.460 e. The third-order valence-corrected chi connectivity index (χ3v) is 2.36. The van der Waals surface area contributed by atoms with Crippen LogP contribution in [0.2, 0.25) is 0 Å². The highest BCUT2D eigenvalue weighted by Crippen LogP contribution is 2.63. The Morgan fingerprint density at radius 1 is 0.261 bits per heavy atom. The van der Waals surface area contributed by atoms with Crippen molar-refractivity contribution in [2.75, 3.05) is 0 Å². The van der Waals surface area contributed by atoms with Gasteiger partial charge in [0, 0.05) is 0 Å². The Morgan fingerprint density at radius 3 is 0.696 bits per heavy atom. The van der Waals surface area contributed by atoms with E-state index in [1.54, 1.807) is 0 Å². The van der Waals surface area contributed by atoms with Crippen molar-refractivity contribution in [3.05, 3.63) is 0 Å². The van der Waals surface area contributed by atoms with Gasteiger partial charge in [-0.1, -0.05) is 0 Å². The zero-order chi connectivity index (χ0) is 19.5. The number of halogens is 16. The number of alkyl halides is 16. The second-order valence-electron chi connectivity index (χ2n) is 3.87. The lowest BCUT2D eigenvalue weighted by molar-refractivity contribution is -0.465. The van der Waals surface area contributed by atoms with E-state index >= 15 is 0 Å². The van der Waals surface area contributed by atoms with E-state index in [1.165, 1.54) is 0 Å². The predicted octanol–water partition coefficient (Wildman–Crippen LogP) is 5.29. The van der Waals surface area contributed by atoms with Crippen LogP contribution in [0.1, 0.15) is 0 Å². The van der Waals surface area contributed by atoms with Gasteiger partial charge in [0.25, 0.3) is 0 Å². The normalized spacial score (nSPS) is 16.7. The smallest absolute Gasteiger partial charge is 0.216 e. The van der Waals surface area contributed by atoms with Crippen LogP contribution in [0.5, 0.6) is 0 Å². The van der Waals surface area contributed by atoms with Crippen LogP contribution >= 0.6 is 0 Å². The van der Waals surface area contributed by atoms with Crippen LogP contribution < -0.4 is 0 Å². The monoisotopic (exact) mass is 388 g/mol. The maximum absolute atomic E-state index is 12.8. The predicted molar refractivity (Wildman–Crippen MR) is 36.8 cm³/mol. The van der Waals surface area contributed by atoms with E-state index in [-0.39, 0.29) is 0 Å². The van der Waals surface area contributed by atoms with E-state index in [2.05, 4.69) is 0 Å². The first-order chi connectivity index (χ1) is 9.50. The Labute approximate surface area is 114 Å². The minimum atomic E-state index is -8.56. The van der Waals surface area contributed by atoms with Crippen LogP contribution in [-0.4, -0.2) is 42.0 Å². The maximum atomic E-state index is 12.8. The first-order valence-corrected chi connectivity index (χ1v) is 4.52. The second kappa shape index (κ2) is 4.94. The van der Waals surface area contributed by atoms with Crippen molar-refractivity contribution in [1.29, 1.82) is 0 Å². The summed E-state index contributed by atoms with van der Waals surface area (Å²) in [6.45, 7) is 0. The van der Waals surface area contributed by atoms with Gasteiger partial charge >= 0.3 is 42.0 Å². The molecule has 0 aromatic carbocycles. The average Bonchev–Trinajstić information content (AvgIpc) is 2.22. The van der Waals surface area contributed by atoms with Crippen molar-refractivity contribution in [3.63, 3.8) is 0 Å². The molecule has 0 aromatic heterocycles. The third-order valence-electron chi connectivity index (χ3n) is 2.36. The van der Waals surface area contributed by atoms with Crippen LogP contribution in [0, 0.1) is 0 Å². The van der Waals surface area contributed by atoms with Crippen LogP contribution in [0.25, 0.3) is 0 Å². The maximum Gasteiger partial charge on any atom is 0.460 e. The number of hydrogen-bond donors (Lipinski definition) is 0. The molecule has 0 aliphatic heterocycles. The Hall–Kier alpha value is -1.12. The van der Waals surface area contributed by atoms with Crippen LogP contribution in [0.3, 0.4) is 0 Å². The third kappa shape index (κ3) is 2.66. The Balaban J connectivity index is 6.65. The highest BCUT2D eigenvalue weighted by atomic mass is 19.4. The first-order valence-electron chi connectivity index (χ1n) is 4.52. The van der Waals surface area contributed by atoms with Crippen molar-refractivity contribution < 1.29 is 70.2 Å². The van der Waals surface area contributed by atoms with E-state index < -0.39 is 42.0 Å². The van der Waals surface area contributed by atoms with Crippen molar-refractivity contribution >= 4 is 0 Å². The molecule has 0 unspecified atom stereocenters. The molecule has 0 atom stereocenters. The van der Waals surface area contributed by atoms with Gasteiger partial charge in [-0.25, -0.2) is 4.39 Å². The Morgan fingerprint density at radius 2 is 0.522 bits per heavy atom. The fourth-order valence-corrected chi connectivity index (χ4v) is 1.11. The standard InChI is InChI=1S/C7F16/c8-1(5(15,16)17,6(18,19)20)2(9,10)3(11,12)4(13,14)7(21,22)23. The molecule has 0 heterocycles. The molecule has 140 valence electrons. The minimum absolute atomic E-state index is 7.71. The molecule has 23 heavy (non-hydrogen) atoms. The number of hydrogen-bond acceptors (Lipinski definition) is 0. The average molecular weight is 388 g/mol. The lowest BCUT2D eigenvalue weighted by atomic mass is 9.87. The fraction of sp³-hybridized carbons (Fsp3) is 1.00. The lowest BCUT2D eigenvalue weighted by Crippen LogP contribution is -2.75. The van der Waals surface area contributed by atoms with Gasteiger partial charge in [0.2, 0.25) is 0 Å². The minimum Gasteiger partial charge on any atom is -0.216 e. The quantitative estimate of drug-likeness (QED) is 0.577. The summed E-state index contributed by atoms with van der Waals surface area (Å²) in [5.74, 6) is -25.1. The summed E-state index contributed by atoms with van der Waals surface area (Å²) in [6, 6.07) is 0. The molecule has 0 saturated carbocycles. The van der Waals surface area contributed by atoms with Crippen molar-refractivity contribution in [2.45, 2.75) is 42.0 Å². The first kappa shape index (κ1) is 21.9. The Kier molecular flexibility index (Phi) is 4.70. The van der Waals surface area contributed by atoms with Crippen LogP contribution in [-0.2, 0) is 0 Å². The van der Waals surface area contributed by atoms with Gasteiger partial charge in [-0.2, -0.15) is 65.9 Å². The molecule has 0 amide bonds. The lowest BCUT2D eigenvalue weighted by Gasteiger charge is -2.41. The molecule has 0 nitrogen and oxygen atoms in total. The molecule has 0 saturated heterocycles. The van der Waals surface area contributed by atoms with Crippen molar-refractivity contribution in [1.82, 2.24) is 0 Å². The van der Waals surface area contributed by atoms with Gasteiger partial charge in [-0.15, -0.1) is 0 Å². The molecular formula is C7F16. The van der Waals surface area contributed by atoms with Gasteiger partial charge in [-0.05, 0) is 0 Å². The van der Waals surface area contributed by atoms with E-state index in [0.29, 0.717) is 0 Å². The SMILES string of the molecule is FC(F)(F)C(F)(F)C(F)(F)C(F)(F)C(F)(C(F)(F)F)C(F)(F)F. The van der Waals surface area contributed by atoms with E-state index in [4.69, 9.17) is 0 Å². The molecule has 0 N–H and O–H groups in total. The molecule has 0 radical (unpaired) electrons. The fourth-order valence-electron chi connectivity index (χ4n) is 1.11. The van der Waals surface area contributed by atoms with E-state index in [9.17, 15) is 70.2 Å². The highest BCUT2D eigenvalue weighted by molar-refractivity contribution is 5.15. The molecule has 16 heteroatoms. The van der Waals surface area contributed by atoms with Crippen LogP contribution in [0.15, 0.2) is 0 Å². The Bertz CT molecular complexity index is 417. The zero-order valence-corrected chi connectivity index (χ0v) is 9.55. The molecular weight excluding hydrogens is 388 g/mol. The van der Waals surface area contributed by atoms with E-state index in [0.717, 1.165) is 0 Å². The summed E-state index contributed by atoms with van der Waals surface area (Å²) < 4.78 is 194. The summed E-state index contributed by atoms with van der Waals surface area (Å²) in [4.78, 5) is 0. The molecule has 0 aliphatic carbocycles. The molecule has 0 rings (SSSR count). The summed E-state index contributed by atoms with van der Waals surface area (Å²) in [5.41, 5.74) is -8.38. The van der Waals surface area contributed by atoms with Gasteiger partial charge in [0.05, 0.1) is 0 Å². The molecule has 0 fully saturated rings. The van der Waals surface area contributed by atoms with Gasteiger partial charge < -0.3 is 0 Å². The topological polar surface area (TPSA) is 0 Å². The van der Waals surface area contributed by atoms with E-state index in [1.807, 2.05) is 0 Å². The van der Waals surface area contributed by atoms with Gasteiger partial charge in [0.15, 0.2) is 0 Å². The van der Waals surface area contributed by atoms with Gasteiger partial charge in [0.1, 0.15) is 0 Å². The number of rotatable bonds is 3. The zero-order valence-electron chi connectivity index (χ0n) is 9.55. The van der Waals surface area contributed by atoms with Crippen LogP contribution in [0.4, 0.5) is 70.2 Å². The summed E-state index contributed by atoms with van der Waals surface area (Å²) in [6.07, 6.45) is -23.7. The summed E-state index contributed by atoms with van der Waals surface area (Å²) in [5, 5.41) is 0. The van der Waals surface area contributed by atoms with Crippen molar-refractivity contribution in [2.24, 2.45) is 0 Å². The highest BCUT2D eigenvalue weighted by Gasteiger charge is 2.96.